The van der Waals surface area contributed by atoms with Gasteiger partial charge in [0.2, 0.25) is 6.36 Å². The van der Waals surface area contributed by atoms with E-state index in [1.807, 2.05) is 0 Å². The Labute approximate surface area is 116 Å². The summed E-state index contributed by atoms with van der Waals surface area (Å²) < 4.78 is 18.0. The molecule has 0 aromatic carbocycles. The van der Waals surface area contributed by atoms with E-state index in [4.69, 9.17) is 11.6 Å². The Morgan fingerprint density at radius 3 is 2.95 bits per heavy atom. The van der Waals surface area contributed by atoms with Gasteiger partial charge in [-0.3, -0.25) is 4.98 Å². The summed E-state index contributed by atoms with van der Waals surface area (Å²) >= 11 is 5.91. The summed E-state index contributed by atoms with van der Waals surface area (Å²) in [5.74, 6) is -0.989. The molecule has 0 aliphatic carbocycles. The molecular weight excluding hydrogens is 271 g/mol. The van der Waals surface area contributed by atoms with E-state index in [0.717, 1.165) is 0 Å². The van der Waals surface area contributed by atoms with Gasteiger partial charge in [0.1, 0.15) is 0 Å². The highest BCUT2D eigenvalue weighted by Crippen LogP contribution is 2.29. The van der Waals surface area contributed by atoms with E-state index in [1.54, 1.807) is 19.1 Å². The predicted molar refractivity (Wildman–Crippen MR) is 68.1 cm³/mol. The zero-order valence-electron chi connectivity index (χ0n) is 10.7. The Morgan fingerprint density at radius 1 is 1.74 bits per heavy atom. The molecule has 0 spiro atoms. The average molecular weight is 285 g/mol. The van der Waals surface area contributed by atoms with Crippen LogP contribution in [0, 0.1) is 11.3 Å². The Hall–Kier alpha value is -1.67. The minimum absolute atomic E-state index is 0.0628. The van der Waals surface area contributed by atoms with Gasteiger partial charge in [0.05, 0.1) is 16.8 Å². The van der Waals surface area contributed by atoms with Crippen molar-refractivity contribution in [1.82, 2.24) is 4.98 Å². The fraction of sp³-hybridized carbons (Fsp3) is 0.462. The first-order chi connectivity index (χ1) is 8.95. The number of aromatic nitrogens is 1. The van der Waals surface area contributed by atoms with Crippen LogP contribution in [0.4, 0.5) is 4.39 Å². The number of carbonyl (C=O) groups is 1. The van der Waals surface area contributed by atoms with Gasteiger partial charge in [-0.05, 0) is 25.5 Å². The Kier molecular flexibility index (Phi) is 5.25. The normalized spacial score (nSPS) is 15.1. The zero-order chi connectivity index (χ0) is 14.5. The molecule has 0 bridgehead atoms. The average Bonchev–Trinajstić information content (AvgIpc) is 2.38. The van der Waals surface area contributed by atoms with Crippen LogP contribution in [0.25, 0.3) is 0 Å². The molecule has 2 unspecified atom stereocenters. The van der Waals surface area contributed by atoms with E-state index in [9.17, 15) is 14.4 Å². The quantitative estimate of drug-likeness (QED) is 0.779. The summed E-state index contributed by atoms with van der Waals surface area (Å²) in [5.41, 5.74) is -1.66. The largest absolute Gasteiger partial charge is 0.430 e. The molecule has 6 heteroatoms. The third-order valence-corrected chi connectivity index (χ3v) is 2.92. The van der Waals surface area contributed by atoms with Gasteiger partial charge in [0.15, 0.2) is 5.41 Å². The second-order valence-corrected chi connectivity index (χ2v) is 4.58. The molecule has 0 amide bonds. The van der Waals surface area contributed by atoms with Gasteiger partial charge >= 0.3 is 5.97 Å². The Balaban J connectivity index is 3.02. The number of nitrogens with zero attached hydrogens (tertiary/aromatic N) is 2. The molecule has 0 saturated heterocycles. The van der Waals surface area contributed by atoms with Crippen molar-refractivity contribution in [3.8, 4) is 6.07 Å². The summed E-state index contributed by atoms with van der Waals surface area (Å²) in [6, 6.07) is 4.87. The molecule has 1 rings (SSSR count). The molecule has 0 aliphatic rings. The van der Waals surface area contributed by atoms with E-state index >= 15 is 0 Å². The summed E-state index contributed by atoms with van der Waals surface area (Å²) in [6.45, 7) is 3.07. The molecule has 0 aliphatic heterocycles. The number of hydrogen-bond acceptors (Lipinski definition) is 4. The molecule has 1 heterocycles. The summed E-state index contributed by atoms with van der Waals surface area (Å²) in [7, 11) is 0. The van der Waals surface area contributed by atoms with Crippen LogP contribution >= 0.6 is 11.6 Å². The molecule has 0 fully saturated rings. The topological polar surface area (TPSA) is 63.0 Å². The van der Waals surface area contributed by atoms with E-state index in [-0.39, 0.29) is 17.1 Å². The monoisotopic (exact) mass is 284 g/mol. The highest BCUT2D eigenvalue weighted by atomic mass is 35.5. The van der Waals surface area contributed by atoms with Crippen molar-refractivity contribution >= 4 is 17.6 Å². The standard InChI is InChI=1S/C13H14ClFN2O2/c1-3-5-10(15)19-12(18)13(2,8-16)11-9(14)6-4-7-17-11/h4,6-7,10H,3,5H2,1-2H3. The Bertz CT molecular complexity index is 504. The van der Waals surface area contributed by atoms with Gasteiger partial charge in [-0.1, -0.05) is 18.5 Å². The van der Waals surface area contributed by atoms with Crippen molar-refractivity contribution in [1.29, 1.82) is 5.26 Å². The van der Waals surface area contributed by atoms with Crippen molar-refractivity contribution in [3.05, 3.63) is 29.0 Å². The van der Waals surface area contributed by atoms with E-state index < -0.39 is 17.7 Å². The third kappa shape index (κ3) is 3.42. The highest BCUT2D eigenvalue weighted by molar-refractivity contribution is 6.31. The maximum Gasteiger partial charge on any atom is 0.335 e. The van der Waals surface area contributed by atoms with Gasteiger partial charge in [0, 0.05) is 12.6 Å². The van der Waals surface area contributed by atoms with Crippen molar-refractivity contribution in [2.45, 2.75) is 38.5 Å². The van der Waals surface area contributed by atoms with Gasteiger partial charge in [-0.25, -0.2) is 9.18 Å². The van der Waals surface area contributed by atoms with Gasteiger partial charge in [0.25, 0.3) is 0 Å². The lowest BCUT2D eigenvalue weighted by Gasteiger charge is -2.21. The van der Waals surface area contributed by atoms with Crippen LogP contribution in [0.1, 0.15) is 32.4 Å². The predicted octanol–water partition coefficient (Wildman–Crippen LogP) is 3.16. The van der Waals surface area contributed by atoms with Gasteiger partial charge in [-0.2, -0.15) is 5.26 Å². The first-order valence-corrected chi connectivity index (χ1v) is 6.21. The number of rotatable bonds is 5. The van der Waals surface area contributed by atoms with Crippen molar-refractivity contribution in [2.75, 3.05) is 0 Å². The fourth-order valence-corrected chi connectivity index (χ4v) is 1.78. The Morgan fingerprint density at radius 2 is 2.42 bits per heavy atom. The lowest BCUT2D eigenvalue weighted by Crippen LogP contribution is -2.35. The number of halogens is 2. The maximum absolute atomic E-state index is 13.3. The maximum atomic E-state index is 13.3. The smallest absolute Gasteiger partial charge is 0.335 e. The lowest BCUT2D eigenvalue weighted by molar-refractivity contribution is -0.162. The SMILES string of the molecule is CCCC(F)OC(=O)C(C)(C#N)c1ncccc1Cl. The van der Waals surface area contributed by atoms with Gasteiger partial charge in [-0.15, -0.1) is 0 Å². The number of nitriles is 1. The number of carbonyl (C=O) groups excluding carboxylic acids is 1. The van der Waals surface area contributed by atoms with Crippen LogP contribution in [-0.4, -0.2) is 17.3 Å². The van der Waals surface area contributed by atoms with Crippen molar-refractivity contribution < 1.29 is 13.9 Å². The second-order valence-electron chi connectivity index (χ2n) is 4.17. The van der Waals surface area contributed by atoms with Crippen molar-refractivity contribution in [2.24, 2.45) is 0 Å². The summed E-state index contributed by atoms with van der Waals surface area (Å²) in [4.78, 5) is 15.9. The van der Waals surface area contributed by atoms with Gasteiger partial charge < -0.3 is 4.74 Å². The molecule has 102 valence electrons. The minimum Gasteiger partial charge on any atom is -0.430 e. The summed E-state index contributed by atoms with van der Waals surface area (Å²) in [5, 5.41) is 9.37. The van der Waals surface area contributed by atoms with Crippen LogP contribution in [0.2, 0.25) is 5.02 Å². The van der Waals surface area contributed by atoms with E-state index in [0.29, 0.717) is 6.42 Å². The fourth-order valence-electron chi connectivity index (χ4n) is 1.47. The van der Waals surface area contributed by atoms with Crippen LogP contribution in [-0.2, 0) is 14.9 Å². The first kappa shape index (κ1) is 15.4. The van der Waals surface area contributed by atoms with E-state index in [2.05, 4.69) is 9.72 Å². The molecule has 0 radical (unpaired) electrons. The van der Waals surface area contributed by atoms with Crippen LogP contribution in [0.15, 0.2) is 18.3 Å². The van der Waals surface area contributed by atoms with Crippen LogP contribution < -0.4 is 0 Å². The highest BCUT2D eigenvalue weighted by Gasteiger charge is 2.41. The van der Waals surface area contributed by atoms with Crippen molar-refractivity contribution in [3.63, 3.8) is 0 Å². The molecule has 1 aromatic heterocycles. The molecular formula is C13H14ClFN2O2. The van der Waals surface area contributed by atoms with Crippen LogP contribution in [0.5, 0.6) is 0 Å². The van der Waals surface area contributed by atoms with Crippen LogP contribution in [0.3, 0.4) is 0 Å². The molecule has 0 saturated carbocycles. The number of hydrogen-bond donors (Lipinski definition) is 0. The molecule has 2 atom stereocenters. The zero-order valence-corrected chi connectivity index (χ0v) is 11.4. The minimum atomic E-state index is -1.73. The number of pyridine rings is 1. The molecule has 0 N–H and O–H groups in total. The number of esters is 1. The first-order valence-electron chi connectivity index (χ1n) is 5.83. The lowest BCUT2D eigenvalue weighted by atomic mass is 9.88. The molecule has 1 aromatic rings. The third-order valence-electron chi connectivity index (χ3n) is 2.61. The molecule has 19 heavy (non-hydrogen) atoms. The number of ether oxygens (including phenoxy) is 1. The summed E-state index contributed by atoms with van der Waals surface area (Å²) in [6.07, 6.45) is 0.293. The number of alkyl halides is 1. The second kappa shape index (κ2) is 6.48. The van der Waals surface area contributed by atoms with E-state index in [1.165, 1.54) is 19.2 Å². The molecule has 4 nitrogen and oxygen atoms in total.